The third-order valence-electron chi connectivity index (χ3n) is 4.49. The zero-order valence-corrected chi connectivity index (χ0v) is 12.0. The molecule has 1 aromatic carbocycles. The summed E-state index contributed by atoms with van der Waals surface area (Å²) in [6, 6.07) is 6.21. The number of fused-ring (bicyclic) bond motifs is 1. The van der Waals surface area contributed by atoms with Crippen LogP contribution in [0.25, 0.3) is 11.0 Å². The minimum absolute atomic E-state index is 0.0407. The van der Waals surface area contributed by atoms with Gasteiger partial charge in [-0.2, -0.15) is 0 Å². The fourth-order valence-corrected chi connectivity index (χ4v) is 3.40. The van der Waals surface area contributed by atoms with E-state index in [2.05, 4.69) is 29.7 Å². The third-order valence-corrected chi connectivity index (χ3v) is 4.49. The van der Waals surface area contributed by atoms with Gasteiger partial charge in [0, 0.05) is 13.0 Å². The first-order valence-electron chi connectivity index (χ1n) is 7.23. The van der Waals surface area contributed by atoms with Gasteiger partial charge in [-0.1, -0.05) is 18.9 Å². The molecule has 2 unspecified atom stereocenters. The molecule has 1 saturated carbocycles. The largest absolute Gasteiger partial charge is 0.481 e. The lowest BCUT2D eigenvalue weighted by atomic mass is 9.79. The van der Waals surface area contributed by atoms with Crippen molar-refractivity contribution in [1.29, 1.82) is 0 Å². The molecule has 2 aromatic rings. The Kier molecular flexibility index (Phi) is 3.24. The number of carboxylic acids is 1. The average molecular weight is 272 g/mol. The summed E-state index contributed by atoms with van der Waals surface area (Å²) in [5, 5.41) is 9.44. The predicted molar refractivity (Wildman–Crippen MR) is 77.8 cm³/mol. The van der Waals surface area contributed by atoms with Crippen molar-refractivity contribution in [3.8, 4) is 0 Å². The topological polar surface area (TPSA) is 55.1 Å². The van der Waals surface area contributed by atoms with Gasteiger partial charge in [-0.15, -0.1) is 0 Å². The molecule has 0 amide bonds. The van der Waals surface area contributed by atoms with Gasteiger partial charge in [0.2, 0.25) is 0 Å². The van der Waals surface area contributed by atoms with Crippen LogP contribution in [0.2, 0.25) is 0 Å². The van der Waals surface area contributed by atoms with Crippen LogP contribution in [0.4, 0.5) is 0 Å². The fraction of sp³-hybridized carbons (Fsp3) is 0.500. The number of aliphatic carboxylic acids is 1. The van der Waals surface area contributed by atoms with Crippen molar-refractivity contribution in [3.63, 3.8) is 0 Å². The van der Waals surface area contributed by atoms with E-state index in [1.165, 1.54) is 5.56 Å². The molecule has 1 fully saturated rings. The molecule has 4 nitrogen and oxygen atoms in total. The Morgan fingerprint density at radius 2 is 2.10 bits per heavy atom. The number of benzene rings is 1. The lowest BCUT2D eigenvalue weighted by molar-refractivity contribution is -0.143. The Morgan fingerprint density at radius 3 is 2.85 bits per heavy atom. The van der Waals surface area contributed by atoms with E-state index < -0.39 is 5.97 Å². The van der Waals surface area contributed by atoms with E-state index in [9.17, 15) is 9.90 Å². The van der Waals surface area contributed by atoms with Crippen LogP contribution in [0.1, 0.15) is 43.0 Å². The first-order chi connectivity index (χ1) is 9.58. The average Bonchev–Trinajstić information content (AvgIpc) is 2.75. The van der Waals surface area contributed by atoms with Crippen LogP contribution in [0.15, 0.2) is 18.2 Å². The molecule has 2 atom stereocenters. The Morgan fingerprint density at radius 1 is 1.35 bits per heavy atom. The quantitative estimate of drug-likeness (QED) is 0.913. The van der Waals surface area contributed by atoms with E-state index in [-0.39, 0.29) is 11.8 Å². The molecule has 1 heterocycles. The second-order valence-corrected chi connectivity index (χ2v) is 5.86. The van der Waals surface area contributed by atoms with Gasteiger partial charge in [0.1, 0.15) is 5.82 Å². The monoisotopic (exact) mass is 272 g/mol. The van der Waals surface area contributed by atoms with Crippen LogP contribution < -0.4 is 0 Å². The molecule has 0 bridgehead atoms. The number of aryl methyl sites for hydroxylation is 2. The van der Waals surface area contributed by atoms with E-state index in [0.717, 1.165) is 42.5 Å². The van der Waals surface area contributed by atoms with Gasteiger partial charge >= 0.3 is 5.97 Å². The summed E-state index contributed by atoms with van der Waals surface area (Å²) in [6.07, 6.45) is 3.79. The standard InChI is InChI=1S/C16H20N2O2/c1-10-7-8-14-13(9-10)17-15(18(14)2)11-5-3-4-6-12(11)16(19)20/h7-9,11-12H,3-6H2,1-2H3,(H,19,20). The maximum atomic E-state index is 11.5. The van der Waals surface area contributed by atoms with E-state index in [0.29, 0.717) is 0 Å². The molecule has 1 aromatic heterocycles. The maximum Gasteiger partial charge on any atom is 0.307 e. The highest BCUT2D eigenvalue weighted by Crippen LogP contribution is 2.38. The summed E-state index contributed by atoms with van der Waals surface area (Å²) in [6.45, 7) is 2.05. The molecular weight excluding hydrogens is 252 g/mol. The first-order valence-corrected chi connectivity index (χ1v) is 7.23. The molecule has 0 radical (unpaired) electrons. The molecule has 1 aliphatic rings. The summed E-state index contributed by atoms with van der Waals surface area (Å²) in [5.74, 6) is -0.00467. The van der Waals surface area contributed by atoms with Gasteiger partial charge < -0.3 is 9.67 Å². The molecule has 0 saturated heterocycles. The number of imidazole rings is 1. The molecular formula is C16H20N2O2. The second-order valence-electron chi connectivity index (χ2n) is 5.86. The van der Waals surface area contributed by atoms with Crippen molar-refractivity contribution in [1.82, 2.24) is 9.55 Å². The Hall–Kier alpha value is -1.84. The van der Waals surface area contributed by atoms with Crippen molar-refractivity contribution >= 4 is 17.0 Å². The normalized spacial score (nSPS) is 23.1. The number of aromatic nitrogens is 2. The van der Waals surface area contributed by atoms with Crippen LogP contribution in [-0.2, 0) is 11.8 Å². The summed E-state index contributed by atoms with van der Waals surface area (Å²) in [5.41, 5.74) is 3.23. The SMILES string of the molecule is Cc1ccc2c(c1)nc(C1CCCCC1C(=O)O)n2C. The van der Waals surface area contributed by atoms with Gasteiger partial charge in [-0.25, -0.2) is 4.98 Å². The van der Waals surface area contributed by atoms with E-state index >= 15 is 0 Å². The molecule has 0 aliphatic heterocycles. The summed E-state index contributed by atoms with van der Waals surface area (Å²) in [4.78, 5) is 16.2. The summed E-state index contributed by atoms with van der Waals surface area (Å²) in [7, 11) is 1.99. The molecule has 4 heteroatoms. The fourth-order valence-electron chi connectivity index (χ4n) is 3.40. The Balaban J connectivity index is 2.08. The smallest absolute Gasteiger partial charge is 0.307 e. The number of hydrogen-bond acceptors (Lipinski definition) is 2. The highest BCUT2D eigenvalue weighted by Gasteiger charge is 2.34. The first kappa shape index (κ1) is 13.2. The molecule has 1 aliphatic carbocycles. The lowest BCUT2D eigenvalue weighted by Crippen LogP contribution is -2.27. The van der Waals surface area contributed by atoms with Gasteiger partial charge in [-0.3, -0.25) is 4.79 Å². The van der Waals surface area contributed by atoms with Crippen LogP contribution in [-0.4, -0.2) is 20.6 Å². The number of rotatable bonds is 2. The van der Waals surface area contributed by atoms with Gasteiger partial charge in [0.05, 0.1) is 17.0 Å². The van der Waals surface area contributed by atoms with Gasteiger partial charge in [0.15, 0.2) is 0 Å². The van der Waals surface area contributed by atoms with Crippen molar-refractivity contribution in [2.24, 2.45) is 13.0 Å². The number of nitrogens with zero attached hydrogens (tertiary/aromatic N) is 2. The van der Waals surface area contributed by atoms with Crippen LogP contribution in [0.5, 0.6) is 0 Å². The third kappa shape index (κ3) is 2.09. The minimum Gasteiger partial charge on any atom is -0.481 e. The second kappa shape index (κ2) is 4.93. The van der Waals surface area contributed by atoms with E-state index in [1.54, 1.807) is 0 Å². The zero-order chi connectivity index (χ0) is 14.3. The zero-order valence-electron chi connectivity index (χ0n) is 12.0. The summed E-state index contributed by atoms with van der Waals surface area (Å²) >= 11 is 0. The maximum absolute atomic E-state index is 11.5. The van der Waals surface area contributed by atoms with Crippen molar-refractivity contribution in [2.75, 3.05) is 0 Å². The van der Waals surface area contributed by atoms with E-state index in [1.807, 2.05) is 7.05 Å². The molecule has 3 rings (SSSR count). The van der Waals surface area contributed by atoms with Crippen molar-refractivity contribution < 1.29 is 9.90 Å². The van der Waals surface area contributed by atoms with Crippen molar-refractivity contribution in [3.05, 3.63) is 29.6 Å². The molecule has 0 spiro atoms. The Bertz CT molecular complexity index is 660. The number of carbonyl (C=O) groups is 1. The predicted octanol–water partition coefficient (Wildman–Crippen LogP) is 3.24. The molecule has 20 heavy (non-hydrogen) atoms. The highest BCUT2D eigenvalue weighted by atomic mass is 16.4. The Labute approximate surface area is 118 Å². The summed E-state index contributed by atoms with van der Waals surface area (Å²) < 4.78 is 2.07. The molecule has 1 N–H and O–H groups in total. The van der Waals surface area contributed by atoms with Crippen molar-refractivity contribution in [2.45, 2.75) is 38.5 Å². The van der Waals surface area contributed by atoms with Gasteiger partial charge in [0.25, 0.3) is 0 Å². The van der Waals surface area contributed by atoms with E-state index in [4.69, 9.17) is 4.98 Å². The molecule has 106 valence electrons. The number of carboxylic acid groups (broad SMARTS) is 1. The van der Waals surface area contributed by atoms with Gasteiger partial charge in [-0.05, 0) is 37.5 Å². The highest BCUT2D eigenvalue weighted by molar-refractivity contribution is 5.77. The van der Waals surface area contributed by atoms with Crippen LogP contribution >= 0.6 is 0 Å². The minimum atomic E-state index is -0.682. The van der Waals surface area contributed by atoms with Crippen LogP contribution in [0.3, 0.4) is 0 Å². The lowest BCUT2D eigenvalue weighted by Gasteiger charge is -2.27. The van der Waals surface area contributed by atoms with Crippen LogP contribution in [0, 0.1) is 12.8 Å². The number of hydrogen-bond donors (Lipinski definition) is 1.